The van der Waals surface area contributed by atoms with Gasteiger partial charge in [-0.05, 0) is 49.8 Å². The highest BCUT2D eigenvalue weighted by molar-refractivity contribution is 6.01. The fourth-order valence-electron chi connectivity index (χ4n) is 1.96. The van der Waals surface area contributed by atoms with Crippen molar-refractivity contribution in [2.45, 2.75) is 20.0 Å². The number of ketones is 1. The van der Waals surface area contributed by atoms with Crippen LogP contribution in [0.25, 0.3) is 6.08 Å². The van der Waals surface area contributed by atoms with Crippen molar-refractivity contribution in [2.75, 3.05) is 0 Å². The van der Waals surface area contributed by atoms with Crippen LogP contribution in [0.15, 0.2) is 54.6 Å². The lowest BCUT2D eigenvalue weighted by Crippen LogP contribution is -2.23. The van der Waals surface area contributed by atoms with Gasteiger partial charge >= 0.3 is 5.97 Å². The van der Waals surface area contributed by atoms with Crippen molar-refractivity contribution in [3.8, 4) is 0 Å². The maximum atomic E-state index is 12.8. The minimum Gasteiger partial charge on any atom is -0.451 e. The Bertz CT molecular complexity index is 715. The van der Waals surface area contributed by atoms with Crippen LogP contribution in [0.4, 0.5) is 4.39 Å². The normalized spacial score (nSPS) is 12.1. The topological polar surface area (TPSA) is 43.4 Å². The van der Waals surface area contributed by atoms with Gasteiger partial charge in [-0.3, -0.25) is 4.79 Å². The lowest BCUT2D eigenvalue weighted by Gasteiger charge is -2.10. The number of rotatable bonds is 5. The molecule has 0 aliphatic rings. The molecule has 0 spiro atoms. The first-order valence-electron chi connectivity index (χ1n) is 7.21. The highest BCUT2D eigenvalue weighted by Crippen LogP contribution is 2.09. The molecule has 0 N–H and O–H groups in total. The van der Waals surface area contributed by atoms with Gasteiger partial charge in [-0.1, -0.05) is 29.8 Å². The maximum absolute atomic E-state index is 12.8. The van der Waals surface area contributed by atoms with Crippen LogP contribution < -0.4 is 0 Å². The minimum atomic E-state index is -0.935. The molecule has 2 aromatic rings. The molecule has 1 atom stereocenters. The first-order valence-corrected chi connectivity index (χ1v) is 7.21. The first-order chi connectivity index (χ1) is 11.0. The molecule has 0 aliphatic carbocycles. The molecule has 0 aliphatic heterocycles. The molecule has 23 heavy (non-hydrogen) atoms. The SMILES string of the molecule is Cc1ccc(/C=C/C(=O)OC(C)C(=O)c2ccc(F)cc2)cc1. The van der Waals surface area contributed by atoms with Crippen molar-refractivity contribution in [3.63, 3.8) is 0 Å². The summed E-state index contributed by atoms with van der Waals surface area (Å²) in [7, 11) is 0. The van der Waals surface area contributed by atoms with Gasteiger partial charge < -0.3 is 4.74 Å². The van der Waals surface area contributed by atoms with Gasteiger partial charge in [0.1, 0.15) is 5.82 Å². The van der Waals surface area contributed by atoms with Gasteiger partial charge in [0.2, 0.25) is 5.78 Å². The Morgan fingerprint density at radius 2 is 1.65 bits per heavy atom. The molecule has 118 valence electrons. The Morgan fingerprint density at radius 3 is 2.26 bits per heavy atom. The number of ether oxygens (including phenoxy) is 1. The molecular formula is C19H17FO3. The predicted octanol–water partition coefficient (Wildman–Crippen LogP) is 3.96. The van der Waals surface area contributed by atoms with Gasteiger partial charge in [-0.15, -0.1) is 0 Å². The average molecular weight is 312 g/mol. The van der Waals surface area contributed by atoms with Crippen LogP contribution >= 0.6 is 0 Å². The van der Waals surface area contributed by atoms with Crippen molar-refractivity contribution in [2.24, 2.45) is 0 Å². The van der Waals surface area contributed by atoms with Gasteiger partial charge in [0.15, 0.2) is 6.10 Å². The molecular weight excluding hydrogens is 295 g/mol. The van der Waals surface area contributed by atoms with Crippen molar-refractivity contribution < 1.29 is 18.7 Å². The van der Waals surface area contributed by atoms with Crippen molar-refractivity contribution in [1.29, 1.82) is 0 Å². The summed E-state index contributed by atoms with van der Waals surface area (Å²) in [5.41, 5.74) is 2.29. The monoisotopic (exact) mass is 312 g/mol. The van der Waals surface area contributed by atoms with E-state index in [-0.39, 0.29) is 5.78 Å². The second-order valence-corrected chi connectivity index (χ2v) is 5.19. The number of Topliss-reactive ketones (excluding diaryl/α,β-unsaturated/α-hetero) is 1. The summed E-state index contributed by atoms with van der Waals surface area (Å²) in [6.07, 6.45) is 1.96. The summed E-state index contributed by atoms with van der Waals surface area (Å²) in [6.45, 7) is 3.47. The molecule has 0 saturated carbocycles. The van der Waals surface area contributed by atoms with E-state index in [0.717, 1.165) is 11.1 Å². The molecule has 0 fully saturated rings. The third kappa shape index (κ3) is 4.88. The molecule has 0 bridgehead atoms. The van der Waals surface area contributed by atoms with E-state index in [1.165, 1.54) is 37.3 Å². The lowest BCUT2D eigenvalue weighted by molar-refractivity contribution is -0.140. The van der Waals surface area contributed by atoms with E-state index in [2.05, 4.69) is 0 Å². The summed E-state index contributed by atoms with van der Waals surface area (Å²) >= 11 is 0. The van der Waals surface area contributed by atoms with Gasteiger partial charge in [0, 0.05) is 11.6 Å². The molecule has 2 aromatic carbocycles. The molecule has 1 unspecified atom stereocenters. The number of carbonyl (C=O) groups is 2. The van der Waals surface area contributed by atoms with E-state index in [0.29, 0.717) is 5.56 Å². The number of halogens is 1. The predicted molar refractivity (Wildman–Crippen MR) is 86.5 cm³/mol. The van der Waals surface area contributed by atoms with Gasteiger partial charge in [-0.2, -0.15) is 0 Å². The maximum Gasteiger partial charge on any atom is 0.331 e. The zero-order chi connectivity index (χ0) is 16.8. The van der Waals surface area contributed by atoms with Crippen LogP contribution in [0.1, 0.15) is 28.4 Å². The molecule has 0 aromatic heterocycles. The van der Waals surface area contributed by atoms with E-state index >= 15 is 0 Å². The fraction of sp³-hybridized carbons (Fsp3) is 0.158. The summed E-state index contributed by atoms with van der Waals surface area (Å²) in [6, 6.07) is 12.8. The van der Waals surface area contributed by atoms with Gasteiger partial charge in [0.25, 0.3) is 0 Å². The zero-order valence-electron chi connectivity index (χ0n) is 13.0. The second-order valence-electron chi connectivity index (χ2n) is 5.19. The smallest absolute Gasteiger partial charge is 0.331 e. The van der Waals surface area contributed by atoms with E-state index in [4.69, 9.17) is 4.74 Å². The molecule has 0 heterocycles. The summed E-state index contributed by atoms with van der Waals surface area (Å²) in [5.74, 6) is -1.40. The summed E-state index contributed by atoms with van der Waals surface area (Å²) in [5, 5.41) is 0. The zero-order valence-corrected chi connectivity index (χ0v) is 13.0. The standard InChI is InChI=1S/C19H17FO3/c1-13-3-5-15(6-4-13)7-12-18(21)23-14(2)19(22)16-8-10-17(20)11-9-16/h3-12,14H,1-2H3/b12-7+. The number of carbonyl (C=O) groups excluding carboxylic acids is 2. The number of esters is 1. The van der Waals surface area contributed by atoms with E-state index in [9.17, 15) is 14.0 Å². The Hall–Kier alpha value is -2.75. The van der Waals surface area contributed by atoms with Crippen LogP contribution in [0, 0.1) is 12.7 Å². The van der Waals surface area contributed by atoms with E-state index < -0.39 is 17.9 Å². The minimum absolute atomic E-state index is 0.300. The number of hydrogen-bond acceptors (Lipinski definition) is 3. The number of benzene rings is 2. The highest BCUT2D eigenvalue weighted by atomic mass is 19.1. The number of hydrogen-bond donors (Lipinski definition) is 0. The molecule has 0 amide bonds. The third-order valence-corrected chi connectivity index (χ3v) is 3.28. The van der Waals surface area contributed by atoms with Crippen LogP contribution in [0.2, 0.25) is 0 Å². The van der Waals surface area contributed by atoms with E-state index in [1.807, 2.05) is 31.2 Å². The average Bonchev–Trinajstić information content (AvgIpc) is 2.54. The number of aryl methyl sites for hydroxylation is 1. The summed E-state index contributed by atoms with van der Waals surface area (Å²) < 4.78 is 17.9. The Kier molecular flexibility index (Phi) is 5.41. The second kappa shape index (κ2) is 7.49. The van der Waals surface area contributed by atoms with Gasteiger partial charge in [-0.25, -0.2) is 9.18 Å². The molecule has 2 rings (SSSR count). The molecule has 4 heteroatoms. The lowest BCUT2D eigenvalue weighted by atomic mass is 10.1. The van der Waals surface area contributed by atoms with Crippen LogP contribution in [0.5, 0.6) is 0 Å². The fourth-order valence-corrected chi connectivity index (χ4v) is 1.96. The Balaban J connectivity index is 1.95. The quantitative estimate of drug-likeness (QED) is 0.477. The Morgan fingerprint density at radius 1 is 1.04 bits per heavy atom. The van der Waals surface area contributed by atoms with Crippen LogP contribution in [0.3, 0.4) is 0 Å². The summed E-state index contributed by atoms with van der Waals surface area (Å²) in [4.78, 5) is 23.8. The van der Waals surface area contributed by atoms with E-state index in [1.54, 1.807) is 6.08 Å². The van der Waals surface area contributed by atoms with Crippen LogP contribution in [-0.4, -0.2) is 17.9 Å². The molecule has 3 nitrogen and oxygen atoms in total. The third-order valence-electron chi connectivity index (χ3n) is 3.28. The van der Waals surface area contributed by atoms with Crippen molar-refractivity contribution >= 4 is 17.8 Å². The highest BCUT2D eigenvalue weighted by Gasteiger charge is 2.18. The van der Waals surface area contributed by atoms with Crippen molar-refractivity contribution in [3.05, 3.63) is 77.1 Å². The Labute approximate surface area is 134 Å². The van der Waals surface area contributed by atoms with Crippen molar-refractivity contribution in [1.82, 2.24) is 0 Å². The molecule has 0 saturated heterocycles. The van der Waals surface area contributed by atoms with Gasteiger partial charge in [0.05, 0.1) is 0 Å². The first kappa shape index (κ1) is 16.6. The molecule has 0 radical (unpaired) electrons. The largest absolute Gasteiger partial charge is 0.451 e. The van der Waals surface area contributed by atoms with Crippen LogP contribution in [-0.2, 0) is 9.53 Å².